The predicted octanol–water partition coefficient (Wildman–Crippen LogP) is 3.68. The molecule has 1 nitrogen and oxygen atoms in total. The van der Waals surface area contributed by atoms with Crippen molar-refractivity contribution in [1.82, 2.24) is 0 Å². The van der Waals surface area contributed by atoms with Crippen molar-refractivity contribution >= 4 is 0 Å². The van der Waals surface area contributed by atoms with E-state index in [1.165, 1.54) is 11.1 Å². The highest BCUT2D eigenvalue weighted by molar-refractivity contribution is 5.41. The Labute approximate surface area is 105 Å². The third-order valence-electron chi connectivity index (χ3n) is 4.41. The van der Waals surface area contributed by atoms with Crippen molar-refractivity contribution in [1.29, 1.82) is 0 Å². The van der Waals surface area contributed by atoms with E-state index in [0.29, 0.717) is 17.3 Å². The highest BCUT2D eigenvalue weighted by Crippen LogP contribution is 2.64. The molecule has 1 heteroatoms. The van der Waals surface area contributed by atoms with Gasteiger partial charge in [-0.25, -0.2) is 0 Å². The molecule has 1 aromatic carbocycles. The van der Waals surface area contributed by atoms with Crippen LogP contribution in [0.3, 0.4) is 0 Å². The molecule has 0 radical (unpaired) electrons. The van der Waals surface area contributed by atoms with Gasteiger partial charge in [0.2, 0.25) is 0 Å². The molecule has 0 spiro atoms. The molecule has 0 saturated heterocycles. The van der Waals surface area contributed by atoms with Gasteiger partial charge < -0.3 is 5.73 Å². The standard InChI is InChI=1S/C16H25N/c1-15(2,3)12-9-7-6-8-11(12)14-13(10-17)16(14,4)5/h6-9,13-14H,10,17H2,1-5H3/t13-,14-/m0/s1. The van der Waals surface area contributed by atoms with Crippen LogP contribution in [0.15, 0.2) is 24.3 Å². The van der Waals surface area contributed by atoms with E-state index >= 15 is 0 Å². The molecule has 1 fully saturated rings. The summed E-state index contributed by atoms with van der Waals surface area (Å²) in [6, 6.07) is 8.88. The van der Waals surface area contributed by atoms with Gasteiger partial charge >= 0.3 is 0 Å². The fraction of sp³-hybridized carbons (Fsp3) is 0.625. The summed E-state index contributed by atoms with van der Waals surface area (Å²) in [5, 5.41) is 0. The molecule has 0 unspecified atom stereocenters. The number of rotatable bonds is 2. The molecule has 1 aliphatic carbocycles. The Balaban J connectivity index is 2.42. The molecular formula is C16H25N. The van der Waals surface area contributed by atoms with Crippen molar-refractivity contribution in [3.05, 3.63) is 35.4 Å². The summed E-state index contributed by atoms with van der Waals surface area (Å²) in [6.07, 6.45) is 0. The molecule has 2 rings (SSSR count). The topological polar surface area (TPSA) is 26.0 Å². The van der Waals surface area contributed by atoms with Gasteiger partial charge in [0.15, 0.2) is 0 Å². The van der Waals surface area contributed by atoms with Crippen molar-refractivity contribution in [2.45, 2.75) is 46.0 Å². The van der Waals surface area contributed by atoms with E-state index in [1.807, 2.05) is 0 Å². The second-order valence-electron chi connectivity index (χ2n) is 6.98. The maximum absolute atomic E-state index is 5.90. The van der Waals surface area contributed by atoms with Crippen LogP contribution in [-0.2, 0) is 5.41 Å². The molecule has 17 heavy (non-hydrogen) atoms. The van der Waals surface area contributed by atoms with Gasteiger partial charge in [-0.05, 0) is 40.3 Å². The lowest BCUT2D eigenvalue weighted by Gasteiger charge is -2.23. The monoisotopic (exact) mass is 231 g/mol. The molecule has 0 amide bonds. The first-order valence-corrected chi connectivity index (χ1v) is 6.59. The number of hydrogen-bond acceptors (Lipinski definition) is 1. The lowest BCUT2D eigenvalue weighted by Crippen LogP contribution is -2.14. The van der Waals surface area contributed by atoms with Crippen LogP contribution in [0, 0.1) is 11.3 Å². The first kappa shape index (κ1) is 12.6. The average Bonchev–Trinajstić information content (AvgIpc) is 2.79. The Hall–Kier alpha value is -0.820. The third-order valence-corrected chi connectivity index (χ3v) is 4.41. The summed E-state index contributed by atoms with van der Waals surface area (Å²) in [5.74, 6) is 1.29. The first-order valence-electron chi connectivity index (χ1n) is 6.59. The number of nitrogens with two attached hydrogens (primary N) is 1. The predicted molar refractivity (Wildman–Crippen MR) is 74.2 cm³/mol. The van der Waals surface area contributed by atoms with E-state index in [9.17, 15) is 0 Å². The molecule has 0 aromatic heterocycles. The largest absolute Gasteiger partial charge is 0.330 e. The normalized spacial score (nSPS) is 26.9. The highest BCUT2D eigenvalue weighted by atomic mass is 14.7. The molecular weight excluding hydrogens is 206 g/mol. The van der Waals surface area contributed by atoms with Gasteiger partial charge in [0, 0.05) is 0 Å². The molecule has 2 atom stereocenters. The molecule has 1 aliphatic rings. The zero-order valence-corrected chi connectivity index (χ0v) is 11.7. The fourth-order valence-corrected chi connectivity index (χ4v) is 3.25. The van der Waals surface area contributed by atoms with E-state index in [0.717, 1.165) is 6.54 Å². The van der Waals surface area contributed by atoms with Crippen LogP contribution in [0.1, 0.15) is 51.7 Å². The lowest BCUT2D eigenvalue weighted by molar-refractivity contribution is 0.551. The highest BCUT2D eigenvalue weighted by Gasteiger charge is 2.57. The number of benzene rings is 1. The molecule has 0 aliphatic heterocycles. The lowest BCUT2D eigenvalue weighted by atomic mass is 9.81. The summed E-state index contributed by atoms with van der Waals surface area (Å²) >= 11 is 0. The summed E-state index contributed by atoms with van der Waals surface area (Å²) in [7, 11) is 0. The molecule has 94 valence electrons. The molecule has 1 aromatic rings. The van der Waals surface area contributed by atoms with Crippen LogP contribution in [0.4, 0.5) is 0 Å². The van der Waals surface area contributed by atoms with Gasteiger partial charge in [0.1, 0.15) is 0 Å². The van der Waals surface area contributed by atoms with E-state index in [1.54, 1.807) is 0 Å². The van der Waals surface area contributed by atoms with Gasteiger partial charge in [-0.3, -0.25) is 0 Å². The van der Waals surface area contributed by atoms with Crippen molar-refractivity contribution in [3.63, 3.8) is 0 Å². The maximum Gasteiger partial charge on any atom is -0.00375 e. The minimum Gasteiger partial charge on any atom is -0.330 e. The Kier molecular flexibility index (Phi) is 2.86. The average molecular weight is 231 g/mol. The summed E-state index contributed by atoms with van der Waals surface area (Å²) in [5.41, 5.74) is 9.48. The zero-order valence-electron chi connectivity index (χ0n) is 11.7. The third kappa shape index (κ3) is 2.01. The van der Waals surface area contributed by atoms with Gasteiger partial charge in [0.05, 0.1) is 0 Å². The van der Waals surface area contributed by atoms with Crippen LogP contribution in [0.25, 0.3) is 0 Å². The van der Waals surface area contributed by atoms with Crippen LogP contribution >= 0.6 is 0 Å². The van der Waals surface area contributed by atoms with Crippen LogP contribution in [0.2, 0.25) is 0 Å². The maximum atomic E-state index is 5.90. The zero-order chi connectivity index (χ0) is 12.8. The van der Waals surface area contributed by atoms with E-state index in [-0.39, 0.29) is 5.41 Å². The Morgan fingerprint density at radius 2 is 1.76 bits per heavy atom. The summed E-state index contributed by atoms with van der Waals surface area (Å²) < 4.78 is 0. The van der Waals surface area contributed by atoms with Crippen LogP contribution in [0.5, 0.6) is 0 Å². The number of hydrogen-bond donors (Lipinski definition) is 1. The van der Waals surface area contributed by atoms with Gasteiger partial charge in [0.25, 0.3) is 0 Å². The minimum absolute atomic E-state index is 0.217. The first-order chi connectivity index (χ1) is 7.80. The Morgan fingerprint density at radius 3 is 2.24 bits per heavy atom. The van der Waals surface area contributed by atoms with E-state index in [2.05, 4.69) is 58.9 Å². The SMILES string of the molecule is CC(C)(C)c1ccccc1[C@H]1[C@H](CN)C1(C)C. The molecule has 0 bridgehead atoms. The van der Waals surface area contributed by atoms with Crippen LogP contribution in [-0.4, -0.2) is 6.54 Å². The van der Waals surface area contributed by atoms with Crippen LogP contribution < -0.4 is 5.73 Å². The Morgan fingerprint density at radius 1 is 1.18 bits per heavy atom. The molecule has 1 saturated carbocycles. The summed E-state index contributed by atoms with van der Waals surface area (Å²) in [4.78, 5) is 0. The van der Waals surface area contributed by atoms with Gasteiger partial charge in [-0.1, -0.05) is 58.9 Å². The smallest absolute Gasteiger partial charge is 0.00375 e. The van der Waals surface area contributed by atoms with Crippen molar-refractivity contribution in [3.8, 4) is 0 Å². The molecule has 2 N–H and O–H groups in total. The van der Waals surface area contributed by atoms with Gasteiger partial charge in [-0.2, -0.15) is 0 Å². The van der Waals surface area contributed by atoms with Crippen molar-refractivity contribution in [2.24, 2.45) is 17.1 Å². The van der Waals surface area contributed by atoms with E-state index < -0.39 is 0 Å². The Bertz CT molecular complexity index is 412. The summed E-state index contributed by atoms with van der Waals surface area (Å²) in [6.45, 7) is 12.4. The second-order valence-corrected chi connectivity index (χ2v) is 6.98. The van der Waals surface area contributed by atoms with Crippen molar-refractivity contribution in [2.75, 3.05) is 6.54 Å². The van der Waals surface area contributed by atoms with E-state index in [4.69, 9.17) is 5.73 Å². The minimum atomic E-state index is 0.217. The quantitative estimate of drug-likeness (QED) is 0.825. The van der Waals surface area contributed by atoms with Crippen molar-refractivity contribution < 1.29 is 0 Å². The van der Waals surface area contributed by atoms with Gasteiger partial charge in [-0.15, -0.1) is 0 Å². The molecule has 0 heterocycles. The second kappa shape index (κ2) is 3.84. The fourth-order valence-electron chi connectivity index (χ4n) is 3.25.